The zero-order chi connectivity index (χ0) is 24.5. The Balaban J connectivity index is 1.60. The van der Waals surface area contributed by atoms with Gasteiger partial charge in [-0.3, -0.25) is 4.79 Å². The molecule has 0 saturated heterocycles. The lowest BCUT2D eigenvalue weighted by Gasteiger charge is -2.11. The molecule has 0 unspecified atom stereocenters. The Bertz CT molecular complexity index is 1190. The second kappa shape index (κ2) is 11.7. The van der Waals surface area contributed by atoms with Crippen LogP contribution in [0.15, 0.2) is 65.8 Å². The highest BCUT2D eigenvalue weighted by atomic mass is 16.6. The summed E-state index contributed by atoms with van der Waals surface area (Å²) in [6.45, 7) is 7.95. The molecule has 0 aromatic heterocycles. The summed E-state index contributed by atoms with van der Waals surface area (Å²) in [5, 5.41) is 3.97. The van der Waals surface area contributed by atoms with Crippen molar-refractivity contribution >= 4 is 18.1 Å². The third kappa shape index (κ3) is 6.68. The maximum absolute atomic E-state index is 12.5. The van der Waals surface area contributed by atoms with Gasteiger partial charge in [0.2, 0.25) is 0 Å². The molecular weight excluding hydrogens is 432 g/mol. The maximum Gasteiger partial charge on any atom is 0.343 e. The number of rotatable bonds is 9. The van der Waals surface area contributed by atoms with Crippen molar-refractivity contribution in [2.45, 2.75) is 27.7 Å². The van der Waals surface area contributed by atoms with Crippen molar-refractivity contribution in [2.24, 2.45) is 5.10 Å². The zero-order valence-corrected chi connectivity index (χ0v) is 19.8. The number of nitrogens with zero attached hydrogens (tertiary/aromatic N) is 1. The quantitative estimate of drug-likeness (QED) is 0.215. The minimum absolute atomic E-state index is 0.153. The first-order valence-electron chi connectivity index (χ1n) is 10.9. The molecule has 0 aliphatic carbocycles. The molecule has 3 rings (SSSR count). The van der Waals surface area contributed by atoms with Crippen LogP contribution in [0.5, 0.6) is 17.2 Å². The van der Waals surface area contributed by atoms with E-state index in [1.165, 1.54) is 6.21 Å². The smallest absolute Gasteiger partial charge is 0.343 e. The van der Waals surface area contributed by atoms with E-state index in [9.17, 15) is 9.59 Å². The second-order valence-corrected chi connectivity index (χ2v) is 7.67. The Morgan fingerprint density at radius 1 is 0.912 bits per heavy atom. The fraction of sp³-hybridized carbons (Fsp3) is 0.222. The van der Waals surface area contributed by atoms with E-state index in [1.54, 1.807) is 30.3 Å². The number of aryl methyl sites for hydroxylation is 2. The van der Waals surface area contributed by atoms with Crippen LogP contribution in [0.1, 0.15) is 39.5 Å². The van der Waals surface area contributed by atoms with E-state index in [0.29, 0.717) is 35.0 Å². The van der Waals surface area contributed by atoms with Gasteiger partial charge in [0, 0.05) is 0 Å². The average molecular weight is 461 g/mol. The largest absolute Gasteiger partial charge is 0.490 e. The zero-order valence-electron chi connectivity index (χ0n) is 19.8. The van der Waals surface area contributed by atoms with Gasteiger partial charge in [0.15, 0.2) is 18.1 Å². The van der Waals surface area contributed by atoms with E-state index >= 15 is 0 Å². The van der Waals surface area contributed by atoms with Gasteiger partial charge in [-0.2, -0.15) is 5.10 Å². The first-order chi connectivity index (χ1) is 16.4. The number of ether oxygens (including phenoxy) is 3. The monoisotopic (exact) mass is 460 g/mol. The highest BCUT2D eigenvalue weighted by Crippen LogP contribution is 2.29. The second-order valence-electron chi connectivity index (χ2n) is 7.67. The first-order valence-corrected chi connectivity index (χ1v) is 10.9. The summed E-state index contributed by atoms with van der Waals surface area (Å²) in [4.78, 5) is 24.5. The molecule has 1 amide bonds. The number of esters is 1. The van der Waals surface area contributed by atoms with Crippen LogP contribution in [0.25, 0.3) is 0 Å². The molecule has 0 radical (unpaired) electrons. The lowest BCUT2D eigenvalue weighted by Crippen LogP contribution is -2.24. The molecule has 3 aromatic rings. The van der Waals surface area contributed by atoms with Gasteiger partial charge in [0.05, 0.1) is 18.4 Å². The summed E-state index contributed by atoms with van der Waals surface area (Å²) in [7, 11) is 0. The number of hydrogen-bond acceptors (Lipinski definition) is 6. The van der Waals surface area contributed by atoms with Crippen molar-refractivity contribution in [2.75, 3.05) is 13.2 Å². The summed E-state index contributed by atoms with van der Waals surface area (Å²) in [5.41, 5.74) is 6.69. The van der Waals surface area contributed by atoms with Gasteiger partial charge in [-0.1, -0.05) is 29.8 Å². The van der Waals surface area contributed by atoms with Crippen LogP contribution >= 0.6 is 0 Å². The van der Waals surface area contributed by atoms with Crippen LogP contribution in [-0.4, -0.2) is 31.3 Å². The standard InChI is InChI=1S/C27H28N2O5/c1-5-32-25-15-21(11-14-24(25)34-27(31)22-12-9-18(2)10-13-22)16-28-29-26(30)17-33-23-8-6-7-19(3)20(23)4/h6-16H,5,17H2,1-4H3,(H,29,30). The summed E-state index contributed by atoms with van der Waals surface area (Å²) >= 11 is 0. The van der Waals surface area contributed by atoms with E-state index in [0.717, 1.165) is 16.7 Å². The van der Waals surface area contributed by atoms with Gasteiger partial charge in [-0.25, -0.2) is 10.2 Å². The number of hydrogen-bond donors (Lipinski definition) is 1. The summed E-state index contributed by atoms with van der Waals surface area (Å²) in [6.07, 6.45) is 1.48. The molecule has 0 saturated carbocycles. The van der Waals surface area contributed by atoms with Crippen LogP contribution in [0, 0.1) is 20.8 Å². The van der Waals surface area contributed by atoms with E-state index < -0.39 is 5.97 Å². The van der Waals surface area contributed by atoms with Gasteiger partial charge < -0.3 is 14.2 Å². The van der Waals surface area contributed by atoms with Crippen LogP contribution < -0.4 is 19.6 Å². The summed E-state index contributed by atoms with van der Waals surface area (Å²) < 4.78 is 16.7. The Labute approximate surface area is 199 Å². The molecule has 0 spiro atoms. The Kier molecular flexibility index (Phi) is 8.40. The minimum Gasteiger partial charge on any atom is -0.490 e. The molecular formula is C27H28N2O5. The van der Waals surface area contributed by atoms with Gasteiger partial charge in [0.1, 0.15) is 5.75 Å². The molecule has 7 heteroatoms. The van der Waals surface area contributed by atoms with E-state index in [2.05, 4.69) is 10.5 Å². The van der Waals surface area contributed by atoms with Gasteiger partial charge in [-0.05, 0) is 80.8 Å². The van der Waals surface area contributed by atoms with Crippen LogP contribution in [0.4, 0.5) is 0 Å². The van der Waals surface area contributed by atoms with Crippen LogP contribution in [-0.2, 0) is 4.79 Å². The third-order valence-electron chi connectivity index (χ3n) is 5.07. The van der Waals surface area contributed by atoms with E-state index in [-0.39, 0.29) is 12.5 Å². The number of benzene rings is 3. The maximum atomic E-state index is 12.5. The predicted octanol–water partition coefficient (Wildman–Crippen LogP) is 4.76. The molecule has 0 atom stereocenters. The molecule has 34 heavy (non-hydrogen) atoms. The SMILES string of the molecule is CCOc1cc(C=NNC(=O)COc2cccc(C)c2C)ccc1OC(=O)c1ccc(C)cc1. The average Bonchev–Trinajstić information content (AvgIpc) is 2.82. The fourth-order valence-corrected chi connectivity index (χ4v) is 3.04. The summed E-state index contributed by atoms with van der Waals surface area (Å²) in [5.74, 6) is 0.507. The normalized spacial score (nSPS) is 10.7. The number of hydrazone groups is 1. The minimum atomic E-state index is -0.474. The summed E-state index contributed by atoms with van der Waals surface area (Å²) in [6, 6.07) is 17.8. The highest BCUT2D eigenvalue weighted by Gasteiger charge is 2.13. The van der Waals surface area contributed by atoms with Crippen molar-refractivity contribution in [3.8, 4) is 17.2 Å². The molecule has 0 aliphatic heterocycles. The molecule has 0 heterocycles. The van der Waals surface area contributed by atoms with Crippen molar-refractivity contribution in [1.82, 2.24) is 5.43 Å². The van der Waals surface area contributed by atoms with Crippen molar-refractivity contribution in [1.29, 1.82) is 0 Å². The molecule has 7 nitrogen and oxygen atoms in total. The predicted molar refractivity (Wildman–Crippen MR) is 131 cm³/mol. The van der Waals surface area contributed by atoms with Crippen LogP contribution in [0.3, 0.4) is 0 Å². The molecule has 0 bridgehead atoms. The molecule has 3 aromatic carbocycles. The number of carbonyl (C=O) groups excluding carboxylic acids is 2. The highest BCUT2D eigenvalue weighted by molar-refractivity contribution is 5.91. The fourth-order valence-electron chi connectivity index (χ4n) is 3.04. The van der Waals surface area contributed by atoms with Crippen LogP contribution in [0.2, 0.25) is 0 Å². The van der Waals surface area contributed by atoms with Gasteiger partial charge >= 0.3 is 5.97 Å². The lowest BCUT2D eigenvalue weighted by molar-refractivity contribution is -0.123. The number of nitrogens with one attached hydrogen (secondary N) is 1. The van der Waals surface area contributed by atoms with Gasteiger partial charge in [0.25, 0.3) is 5.91 Å². The Morgan fingerprint density at radius 2 is 1.68 bits per heavy atom. The Morgan fingerprint density at radius 3 is 2.41 bits per heavy atom. The number of amides is 1. The van der Waals surface area contributed by atoms with Crippen molar-refractivity contribution < 1.29 is 23.8 Å². The van der Waals surface area contributed by atoms with Gasteiger partial charge in [-0.15, -0.1) is 0 Å². The molecule has 0 aliphatic rings. The topological polar surface area (TPSA) is 86.2 Å². The lowest BCUT2D eigenvalue weighted by atomic mass is 10.1. The molecule has 0 fully saturated rings. The Hall–Kier alpha value is -4.13. The van der Waals surface area contributed by atoms with Crippen molar-refractivity contribution in [3.05, 3.63) is 88.5 Å². The molecule has 1 N–H and O–H groups in total. The molecule has 176 valence electrons. The van der Waals surface area contributed by atoms with E-state index in [4.69, 9.17) is 14.2 Å². The first kappa shape index (κ1) is 24.5. The van der Waals surface area contributed by atoms with E-state index in [1.807, 2.05) is 58.0 Å². The number of carbonyl (C=O) groups is 2. The third-order valence-corrected chi connectivity index (χ3v) is 5.07. The van der Waals surface area contributed by atoms with Crippen molar-refractivity contribution in [3.63, 3.8) is 0 Å².